The number of para-hydroxylation sites is 1. The molecule has 0 aromatic heterocycles. The highest BCUT2D eigenvalue weighted by Gasteiger charge is 2.14. The van der Waals surface area contributed by atoms with Crippen LogP contribution in [0.15, 0.2) is 72.8 Å². The maximum Gasteiger partial charge on any atom is 0.338 e. The summed E-state index contributed by atoms with van der Waals surface area (Å²) in [6.07, 6.45) is 0.796. The summed E-state index contributed by atoms with van der Waals surface area (Å²) < 4.78 is 22.0. The second kappa shape index (κ2) is 9.67. The molecule has 0 saturated carbocycles. The van der Waals surface area contributed by atoms with Crippen LogP contribution in [0, 0.1) is 0 Å². The minimum Gasteiger partial charge on any atom is -0.490 e. The van der Waals surface area contributed by atoms with E-state index in [9.17, 15) is 9.59 Å². The lowest BCUT2D eigenvalue weighted by atomic mass is 10.2. The molecule has 0 aliphatic carbocycles. The Bertz CT molecular complexity index is 1070. The number of ether oxygens (including phenoxy) is 4. The lowest BCUT2D eigenvalue weighted by molar-refractivity contribution is -0.119. The molecule has 0 spiro atoms. The Labute approximate surface area is 179 Å². The van der Waals surface area contributed by atoms with Crippen LogP contribution in [-0.2, 0) is 9.53 Å². The Kier molecular flexibility index (Phi) is 6.32. The third-order valence-electron chi connectivity index (χ3n) is 4.41. The van der Waals surface area contributed by atoms with E-state index in [1.165, 1.54) is 0 Å². The standard InChI is InChI=1S/C24H21NO6/c26-23(25-18-10-11-21-22(15-18)29-13-5-12-28-21)16-30-24(27)17-6-4-9-20(14-17)31-19-7-2-1-3-8-19/h1-4,6-11,14-15H,5,12-13,16H2,(H,25,26). The minimum atomic E-state index is -0.618. The van der Waals surface area contributed by atoms with Crippen molar-refractivity contribution in [2.75, 3.05) is 25.1 Å². The maximum atomic E-state index is 12.3. The van der Waals surface area contributed by atoms with E-state index in [0.717, 1.165) is 6.42 Å². The molecule has 3 aromatic rings. The third kappa shape index (κ3) is 5.54. The van der Waals surface area contributed by atoms with E-state index in [1.54, 1.807) is 42.5 Å². The van der Waals surface area contributed by atoms with Crippen LogP contribution in [0.4, 0.5) is 5.69 Å². The van der Waals surface area contributed by atoms with Crippen molar-refractivity contribution in [1.82, 2.24) is 0 Å². The van der Waals surface area contributed by atoms with E-state index in [4.69, 9.17) is 18.9 Å². The highest BCUT2D eigenvalue weighted by atomic mass is 16.5. The van der Waals surface area contributed by atoms with Crippen molar-refractivity contribution in [2.45, 2.75) is 6.42 Å². The highest BCUT2D eigenvalue weighted by Crippen LogP contribution is 2.32. The van der Waals surface area contributed by atoms with Gasteiger partial charge in [-0.1, -0.05) is 24.3 Å². The second-order valence-corrected chi connectivity index (χ2v) is 6.78. The highest BCUT2D eigenvalue weighted by molar-refractivity contribution is 5.95. The quantitative estimate of drug-likeness (QED) is 0.595. The summed E-state index contributed by atoms with van der Waals surface area (Å²) in [5.41, 5.74) is 0.820. The number of esters is 1. The van der Waals surface area contributed by atoms with Gasteiger partial charge in [0.2, 0.25) is 0 Å². The third-order valence-corrected chi connectivity index (χ3v) is 4.41. The Balaban J connectivity index is 1.32. The molecule has 31 heavy (non-hydrogen) atoms. The molecule has 1 aliphatic rings. The van der Waals surface area contributed by atoms with Gasteiger partial charge in [-0.05, 0) is 42.5 Å². The van der Waals surface area contributed by atoms with E-state index in [1.807, 2.05) is 30.3 Å². The predicted octanol–water partition coefficient (Wildman–Crippen LogP) is 4.44. The molecule has 1 aliphatic heterocycles. The van der Waals surface area contributed by atoms with Crippen molar-refractivity contribution in [3.8, 4) is 23.0 Å². The zero-order chi connectivity index (χ0) is 21.5. The van der Waals surface area contributed by atoms with E-state index < -0.39 is 18.5 Å². The molecule has 1 heterocycles. The number of hydrogen-bond donors (Lipinski definition) is 1. The van der Waals surface area contributed by atoms with Crippen LogP contribution in [-0.4, -0.2) is 31.7 Å². The fraction of sp³-hybridized carbons (Fsp3) is 0.167. The Hall–Kier alpha value is -4.00. The number of rotatable bonds is 6. The van der Waals surface area contributed by atoms with E-state index in [2.05, 4.69) is 5.32 Å². The lowest BCUT2D eigenvalue weighted by Gasteiger charge is -2.11. The van der Waals surface area contributed by atoms with Crippen molar-refractivity contribution in [2.24, 2.45) is 0 Å². The fourth-order valence-electron chi connectivity index (χ4n) is 2.96. The zero-order valence-electron chi connectivity index (χ0n) is 16.7. The van der Waals surface area contributed by atoms with Crippen LogP contribution < -0.4 is 19.5 Å². The molecule has 7 heteroatoms. The summed E-state index contributed by atoms with van der Waals surface area (Å²) in [5, 5.41) is 2.69. The summed E-state index contributed by atoms with van der Waals surface area (Å²) in [5.74, 6) is 1.29. The maximum absolute atomic E-state index is 12.3. The van der Waals surface area contributed by atoms with E-state index in [-0.39, 0.29) is 5.56 Å². The summed E-state index contributed by atoms with van der Waals surface area (Å²) in [7, 11) is 0. The largest absolute Gasteiger partial charge is 0.490 e. The molecule has 7 nitrogen and oxygen atoms in total. The van der Waals surface area contributed by atoms with Crippen LogP contribution in [0.3, 0.4) is 0 Å². The normalized spacial score (nSPS) is 12.4. The molecule has 1 amide bonds. The Morgan fingerprint density at radius 1 is 0.839 bits per heavy atom. The molecule has 0 unspecified atom stereocenters. The van der Waals surface area contributed by atoms with E-state index in [0.29, 0.717) is 41.9 Å². The van der Waals surface area contributed by atoms with Crippen LogP contribution in [0.5, 0.6) is 23.0 Å². The molecular weight excluding hydrogens is 398 g/mol. The Morgan fingerprint density at radius 3 is 2.45 bits per heavy atom. The molecular formula is C24H21NO6. The number of carbonyl (C=O) groups excluding carboxylic acids is 2. The van der Waals surface area contributed by atoms with Crippen molar-refractivity contribution in [1.29, 1.82) is 0 Å². The van der Waals surface area contributed by atoms with Gasteiger partial charge in [-0.25, -0.2) is 4.79 Å². The van der Waals surface area contributed by atoms with Crippen molar-refractivity contribution in [3.63, 3.8) is 0 Å². The Morgan fingerprint density at radius 2 is 1.61 bits per heavy atom. The SMILES string of the molecule is O=C(COC(=O)c1cccc(Oc2ccccc2)c1)Nc1ccc2c(c1)OCCCO2. The van der Waals surface area contributed by atoms with Crippen molar-refractivity contribution < 1.29 is 28.5 Å². The lowest BCUT2D eigenvalue weighted by Crippen LogP contribution is -2.21. The number of anilines is 1. The van der Waals surface area contributed by atoms with Crippen LogP contribution in [0.2, 0.25) is 0 Å². The second-order valence-electron chi connectivity index (χ2n) is 6.78. The molecule has 0 radical (unpaired) electrons. The smallest absolute Gasteiger partial charge is 0.338 e. The molecule has 0 saturated heterocycles. The number of carbonyl (C=O) groups is 2. The van der Waals surface area contributed by atoms with Crippen LogP contribution in [0.25, 0.3) is 0 Å². The first kappa shape index (κ1) is 20.3. The summed E-state index contributed by atoms with van der Waals surface area (Å²) in [4.78, 5) is 24.5. The average molecular weight is 419 g/mol. The molecule has 4 rings (SSSR count). The zero-order valence-corrected chi connectivity index (χ0v) is 16.7. The molecule has 0 fully saturated rings. The van der Waals surface area contributed by atoms with Crippen LogP contribution >= 0.6 is 0 Å². The van der Waals surface area contributed by atoms with Gasteiger partial charge in [0.15, 0.2) is 18.1 Å². The number of benzene rings is 3. The van der Waals surface area contributed by atoms with Crippen LogP contribution in [0.1, 0.15) is 16.8 Å². The van der Waals surface area contributed by atoms with Gasteiger partial charge in [-0.3, -0.25) is 4.79 Å². The number of amides is 1. The van der Waals surface area contributed by atoms with Crippen molar-refractivity contribution in [3.05, 3.63) is 78.4 Å². The molecule has 1 N–H and O–H groups in total. The number of fused-ring (bicyclic) bond motifs is 1. The molecule has 3 aromatic carbocycles. The molecule has 158 valence electrons. The predicted molar refractivity (Wildman–Crippen MR) is 114 cm³/mol. The fourth-order valence-corrected chi connectivity index (χ4v) is 2.96. The minimum absolute atomic E-state index is 0.289. The number of hydrogen-bond acceptors (Lipinski definition) is 6. The summed E-state index contributed by atoms with van der Waals surface area (Å²) >= 11 is 0. The average Bonchev–Trinajstić information content (AvgIpc) is 3.03. The van der Waals surface area contributed by atoms with Gasteiger partial charge in [0, 0.05) is 18.2 Å². The first-order chi connectivity index (χ1) is 15.2. The van der Waals surface area contributed by atoms with Gasteiger partial charge in [0.05, 0.1) is 18.8 Å². The molecule has 0 bridgehead atoms. The molecule has 0 atom stereocenters. The topological polar surface area (TPSA) is 83.1 Å². The van der Waals surface area contributed by atoms with Gasteiger partial charge in [-0.2, -0.15) is 0 Å². The van der Waals surface area contributed by atoms with Gasteiger partial charge >= 0.3 is 5.97 Å². The van der Waals surface area contributed by atoms with Gasteiger partial charge in [0.1, 0.15) is 11.5 Å². The first-order valence-corrected chi connectivity index (χ1v) is 9.87. The van der Waals surface area contributed by atoms with Gasteiger partial charge in [-0.15, -0.1) is 0 Å². The monoisotopic (exact) mass is 419 g/mol. The van der Waals surface area contributed by atoms with Crippen molar-refractivity contribution >= 4 is 17.6 Å². The number of nitrogens with one attached hydrogen (secondary N) is 1. The summed E-state index contributed by atoms with van der Waals surface area (Å²) in [6, 6.07) is 20.9. The van der Waals surface area contributed by atoms with Gasteiger partial charge in [0.25, 0.3) is 5.91 Å². The summed E-state index contributed by atoms with van der Waals surface area (Å²) in [6.45, 7) is 0.721. The van der Waals surface area contributed by atoms with E-state index >= 15 is 0 Å². The first-order valence-electron chi connectivity index (χ1n) is 9.87. The van der Waals surface area contributed by atoms with Gasteiger partial charge < -0.3 is 24.3 Å².